The largest absolute Gasteiger partial charge is 0.438 e. The first kappa shape index (κ1) is 27.6. The van der Waals surface area contributed by atoms with Crippen molar-refractivity contribution in [2.24, 2.45) is 7.05 Å². The highest BCUT2D eigenvalue weighted by atomic mass is 32.2. The van der Waals surface area contributed by atoms with Crippen LogP contribution in [0.25, 0.3) is 0 Å². The van der Waals surface area contributed by atoms with Gasteiger partial charge in [0.25, 0.3) is 11.6 Å². The van der Waals surface area contributed by atoms with Crippen molar-refractivity contribution in [3.05, 3.63) is 75.5 Å². The number of nitrogens with one attached hydrogen (secondary N) is 2. The van der Waals surface area contributed by atoms with Gasteiger partial charge in [-0.25, -0.2) is 17.8 Å². The van der Waals surface area contributed by atoms with Gasteiger partial charge in [0.1, 0.15) is 10.6 Å². The highest BCUT2D eigenvalue weighted by Crippen LogP contribution is 2.32. The van der Waals surface area contributed by atoms with E-state index in [0.29, 0.717) is 6.42 Å². The van der Waals surface area contributed by atoms with Gasteiger partial charge in [-0.3, -0.25) is 14.9 Å². The van der Waals surface area contributed by atoms with E-state index >= 15 is 0 Å². The van der Waals surface area contributed by atoms with Gasteiger partial charge in [-0.2, -0.15) is 18.3 Å². The average molecular weight is 542 g/mol. The maximum Gasteiger partial charge on any atom is 0.416 e. The fourth-order valence-electron chi connectivity index (χ4n) is 3.12. The van der Waals surface area contributed by atoms with E-state index in [1.807, 2.05) is 0 Å². The quantitative estimate of drug-likeness (QED) is 0.294. The second kappa shape index (κ2) is 11.0. The molecule has 198 valence electrons. The number of alkyl halides is 3. The molecule has 0 saturated carbocycles. The number of benzene rings is 2. The minimum atomic E-state index is -4.52. The Kier molecular flexibility index (Phi) is 8.18. The standard InChI is InChI=1S/C22H22F3N5O6S/c1-3-9-27-37(34,35)19-11-16(30(32)33)7-8-18(19)36-20-12-17(28-29(20)2)21(31)26-13-14-5-4-6-15(10-14)22(23,24)25/h4-8,10-12,27H,3,9,13H2,1-2H3,(H,26,31). The maximum atomic E-state index is 12.9. The normalized spacial score (nSPS) is 11.8. The minimum Gasteiger partial charge on any atom is -0.438 e. The summed E-state index contributed by atoms with van der Waals surface area (Å²) in [6, 6.07) is 8.69. The van der Waals surface area contributed by atoms with E-state index in [1.165, 1.54) is 25.2 Å². The van der Waals surface area contributed by atoms with Crippen molar-refractivity contribution in [1.29, 1.82) is 0 Å². The number of aryl methyl sites for hydroxylation is 1. The fourth-order valence-corrected chi connectivity index (χ4v) is 4.40. The molecule has 0 aliphatic heterocycles. The number of hydrogen-bond acceptors (Lipinski definition) is 7. The van der Waals surface area contributed by atoms with E-state index in [4.69, 9.17) is 4.74 Å². The number of sulfonamides is 1. The lowest BCUT2D eigenvalue weighted by atomic mass is 10.1. The van der Waals surface area contributed by atoms with E-state index in [2.05, 4.69) is 15.1 Å². The lowest BCUT2D eigenvalue weighted by molar-refractivity contribution is -0.385. The molecule has 3 aromatic rings. The molecular formula is C22H22F3N5O6S. The van der Waals surface area contributed by atoms with Crippen LogP contribution in [0.5, 0.6) is 11.6 Å². The Morgan fingerprint density at radius 1 is 1.19 bits per heavy atom. The van der Waals surface area contributed by atoms with Crippen LogP contribution in [-0.2, 0) is 29.8 Å². The highest BCUT2D eigenvalue weighted by Gasteiger charge is 2.30. The zero-order chi connectivity index (χ0) is 27.4. The maximum absolute atomic E-state index is 12.9. The summed E-state index contributed by atoms with van der Waals surface area (Å²) in [5.41, 5.74) is -1.25. The van der Waals surface area contributed by atoms with Gasteiger partial charge in [0, 0.05) is 38.3 Å². The summed E-state index contributed by atoms with van der Waals surface area (Å²) >= 11 is 0. The van der Waals surface area contributed by atoms with E-state index < -0.39 is 43.2 Å². The van der Waals surface area contributed by atoms with Crippen molar-refractivity contribution in [2.45, 2.75) is 31.0 Å². The predicted molar refractivity (Wildman–Crippen MR) is 124 cm³/mol. The molecule has 0 spiro atoms. The molecule has 0 radical (unpaired) electrons. The summed E-state index contributed by atoms with van der Waals surface area (Å²) in [5, 5.41) is 17.6. The first-order valence-corrected chi connectivity index (χ1v) is 12.2. The van der Waals surface area contributed by atoms with Gasteiger partial charge in [-0.1, -0.05) is 19.1 Å². The molecule has 0 atom stereocenters. The van der Waals surface area contributed by atoms with Crippen LogP contribution in [0.4, 0.5) is 18.9 Å². The van der Waals surface area contributed by atoms with Crippen LogP contribution >= 0.6 is 0 Å². The number of rotatable bonds is 10. The molecule has 37 heavy (non-hydrogen) atoms. The number of nitrogens with zero attached hydrogens (tertiary/aromatic N) is 3. The second-order valence-corrected chi connectivity index (χ2v) is 9.50. The number of carbonyl (C=O) groups excluding carboxylic acids is 1. The molecule has 0 fully saturated rings. The smallest absolute Gasteiger partial charge is 0.416 e. The minimum absolute atomic E-state index is 0.0648. The second-order valence-electron chi connectivity index (χ2n) is 7.76. The SMILES string of the molecule is CCCNS(=O)(=O)c1cc([N+](=O)[O-])ccc1Oc1cc(C(=O)NCc2cccc(C(F)(F)F)c2)nn1C. The average Bonchev–Trinajstić information content (AvgIpc) is 3.21. The van der Waals surface area contributed by atoms with Gasteiger partial charge in [-0.05, 0) is 30.2 Å². The number of amides is 1. The number of aromatic nitrogens is 2. The van der Waals surface area contributed by atoms with E-state index in [0.717, 1.165) is 35.0 Å². The summed E-state index contributed by atoms with van der Waals surface area (Å²) in [7, 11) is -2.76. The Balaban J connectivity index is 1.81. The number of halogens is 3. The van der Waals surface area contributed by atoms with Crippen molar-refractivity contribution < 1.29 is 36.0 Å². The third kappa shape index (κ3) is 6.83. The summed E-state index contributed by atoms with van der Waals surface area (Å²) < 4.78 is 73.2. The van der Waals surface area contributed by atoms with Crippen molar-refractivity contribution in [3.63, 3.8) is 0 Å². The van der Waals surface area contributed by atoms with Gasteiger partial charge in [0.2, 0.25) is 15.9 Å². The highest BCUT2D eigenvalue weighted by molar-refractivity contribution is 7.89. The van der Waals surface area contributed by atoms with Crippen molar-refractivity contribution in [3.8, 4) is 11.6 Å². The van der Waals surface area contributed by atoms with Crippen LogP contribution in [0.2, 0.25) is 0 Å². The third-order valence-corrected chi connectivity index (χ3v) is 6.44. The first-order valence-electron chi connectivity index (χ1n) is 10.8. The van der Waals surface area contributed by atoms with Gasteiger partial charge in [0.05, 0.1) is 10.5 Å². The molecule has 0 bridgehead atoms. The summed E-state index contributed by atoms with van der Waals surface area (Å²) in [6.45, 7) is 1.62. The van der Waals surface area contributed by atoms with Crippen LogP contribution in [0.15, 0.2) is 53.4 Å². The monoisotopic (exact) mass is 541 g/mol. The Bertz CT molecular complexity index is 1420. The van der Waals surface area contributed by atoms with Crippen molar-refractivity contribution in [2.75, 3.05) is 6.54 Å². The van der Waals surface area contributed by atoms with Gasteiger partial charge < -0.3 is 10.1 Å². The van der Waals surface area contributed by atoms with Crippen LogP contribution in [-0.4, -0.2) is 35.6 Å². The van der Waals surface area contributed by atoms with Crippen molar-refractivity contribution in [1.82, 2.24) is 19.8 Å². The number of nitro groups is 1. The van der Waals surface area contributed by atoms with Gasteiger partial charge >= 0.3 is 6.18 Å². The van der Waals surface area contributed by atoms with E-state index in [-0.39, 0.29) is 36.0 Å². The summed E-state index contributed by atoms with van der Waals surface area (Å²) in [5.74, 6) is -1.03. The summed E-state index contributed by atoms with van der Waals surface area (Å²) in [4.78, 5) is 22.5. The summed E-state index contributed by atoms with van der Waals surface area (Å²) in [6.07, 6.45) is -4.05. The number of nitro benzene ring substituents is 1. The lowest BCUT2D eigenvalue weighted by Crippen LogP contribution is -2.25. The molecule has 0 aliphatic carbocycles. The first-order chi connectivity index (χ1) is 17.3. The van der Waals surface area contributed by atoms with E-state index in [1.54, 1.807) is 6.92 Å². The molecule has 15 heteroatoms. The topological polar surface area (TPSA) is 145 Å². The van der Waals surface area contributed by atoms with Crippen molar-refractivity contribution >= 4 is 21.6 Å². The Labute approximate surface area is 209 Å². The van der Waals surface area contributed by atoms with Crippen LogP contribution in [0.1, 0.15) is 35.0 Å². The zero-order valence-electron chi connectivity index (χ0n) is 19.6. The molecule has 2 N–H and O–H groups in total. The van der Waals surface area contributed by atoms with Gasteiger partial charge in [-0.15, -0.1) is 0 Å². The molecule has 0 saturated heterocycles. The number of hydrogen-bond donors (Lipinski definition) is 2. The lowest BCUT2D eigenvalue weighted by Gasteiger charge is -2.12. The van der Waals surface area contributed by atoms with E-state index in [9.17, 15) is 36.5 Å². The molecule has 11 nitrogen and oxygen atoms in total. The molecule has 1 heterocycles. The fraction of sp³-hybridized carbons (Fsp3) is 0.273. The van der Waals surface area contributed by atoms with Gasteiger partial charge in [0.15, 0.2) is 5.69 Å². The molecule has 0 aliphatic rings. The Morgan fingerprint density at radius 2 is 1.92 bits per heavy atom. The van der Waals surface area contributed by atoms with Crippen LogP contribution in [0.3, 0.4) is 0 Å². The number of carbonyl (C=O) groups is 1. The molecule has 1 aromatic heterocycles. The molecule has 3 rings (SSSR count). The van der Waals surface area contributed by atoms with Crippen LogP contribution in [0, 0.1) is 10.1 Å². The number of non-ortho nitro benzene ring substituents is 1. The molecule has 1 amide bonds. The predicted octanol–water partition coefficient (Wildman–Crippen LogP) is 3.76. The Hall–Kier alpha value is -3.98. The molecule has 2 aromatic carbocycles. The molecular weight excluding hydrogens is 519 g/mol. The van der Waals surface area contributed by atoms with Crippen LogP contribution < -0.4 is 14.8 Å². The third-order valence-electron chi connectivity index (χ3n) is 4.96. The number of ether oxygens (including phenoxy) is 1. The Morgan fingerprint density at radius 3 is 2.57 bits per heavy atom. The molecule has 0 unspecified atom stereocenters. The zero-order valence-corrected chi connectivity index (χ0v) is 20.4.